The lowest BCUT2D eigenvalue weighted by Crippen LogP contribution is -2.60. The number of nitrogens with two attached hydrogens (primary N) is 2. The predicted octanol–water partition coefficient (Wildman–Crippen LogP) is -2.85. The largest absolute Gasteiger partial charge is 0.481 e. The van der Waals surface area contributed by atoms with Crippen molar-refractivity contribution in [3.63, 3.8) is 0 Å². The fraction of sp³-hybridized carbons (Fsp3) is 0.710. The summed E-state index contributed by atoms with van der Waals surface area (Å²) >= 11 is 0. The molecule has 0 aliphatic carbocycles. The number of hydrogen-bond donors (Lipinski definition) is 8. The highest BCUT2D eigenvalue weighted by molar-refractivity contribution is 5.97. The second-order valence-corrected chi connectivity index (χ2v) is 13.0. The van der Waals surface area contributed by atoms with Crippen LogP contribution in [0, 0.1) is 5.92 Å². The van der Waals surface area contributed by atoms with Gasteiger partial charge in [0, 0.05) is 25.9 Å². The quantitative estimate of drug-likeness (QED) is 0.0713. The maximum absolute atomic E-state index is 13.9. The van der Waals surface area contributed by atoms with Gasteiger partial charge < -0.3 is 52.7 Å². The van der Waals surface area contributed by atoms with E-state index in [0.717, 1.165) is 0 Å². The normalized spacial score (nSPS) is 20.2. The molecule has 2 heterocycles. The Bertz CT molecular complexity index is 1330. The van der Waals surface area contributed by atoms with Gasteiger partial charge in [0.15, 0.2) is 0 Å². The SMILES string of the molecule is CC(C)[C@H](NC(=O)[C@@H]1CCCN1C(=O)[C@@H](N)CCC(=O)O)C(=O)N1CCC[C@H]1C(=O)N[C@@H](CCC(N)=O)C(=O)N[C@@H](C)C(=O)N[C@@H](C)C(=O)O. The van der Waals surface area contributed by atoms with E-state index in [1.54, 1.807) is 13.8 Å². The molecule has 2 aliphatic heterocycles. The van der Waals surface area contributed by atoms with E-state index in [4.69, 9.17) is 21.7 Å². The first kappa shape index (κ1) is 41.4. The fourth-order valence-electron chi connectivity index (χ4n) is 5.77. The van der Waals surface area contributed by atoms with Crippen LogP contribution in [0.2, 0.25) is 0 Å². The molecule has 10 N–H and O–H groups in total. The number of hydrogen-bond acceptors (Lipinski definition) is 10. The van der Waals surface area contributed by atoms with Gasteiger partial charge in [-0.3, -0.25) is 43.2 Å². The molecule has 2 saturated heterocycles. The number of nitrogens with one attached hydrogen (secondary N) is 4. The number of carboxylic acids is 2. The number of carbonyl (C=O) groups excluding carboxylic acids is 7. The minimum atomic E-state index is -1.34. The zero-order chi connectivity index (χ0) is 37.9. The first-order valence-corrected chi connectivity index (χ1v) is 16.7. The van der Waals surface area contributed by atoms with Crippen LogP contribution in [0.5, 0.6) is 0 Å². The molecule has 19 heteroatoms. The van der Waals surface area contributed by atoms with Crippen LogP contribution in [0.4, 0.5) is 0 Å². The first-order chi connectivity index (χ1) is 23.3. The van der Waals surface area contributed by atoms with Gasteiger partial charge in [0.25, 0.3) is 0 Å². The van der Waals surface area contributed by atoms with E-state index in [1.807, 2.05) is 0 Å². The Morgan fingerprint density at radius 2 is 1.22 bits per heavy atom. The van der Waals surface area contributed by atoms with E-state index in [1.165, 1.54) is 23.6 Å². The molecule has 0 radical (unpaired) electrons. The van der Waals surface area contributed by atoms with E-state index in [0.29, 0.717) is 19.3 Å². The highest BCUT2D eigenvalue weighted by Crippen LogP contribution is 2.23. The van der Waals surface area contributed by atoms with Crippen molar-refractivity contribution >= 4 is 53.3 Å². The smallest absolute Gasteiger partial charge is 0.325 e. The zero-order valence-electron chi connectivity index (χ0n) is 28.8. The maximum atomic E-state index is 13.9. The number of carbonyl (C=O) groups is 9. The maximum Gasteiger partial charge on any atom is 0.325 e. The van der Waals surface area contributed by atoms with Gasteiger partial charge >= 0.3 is 11.9 Å². The van der Waals surface area contributed by atoms with Gasteiger partial charge in [0.2, 0.25) is 41.4 Å². The van der Waals surface area contributed by atoms with Crippen LogP contribution >= 0.6 is 0 Å². The molecular formula is C31H50N8O11. The minimum absolute atomic E-state index is 0.101. The van der Waals surface area contributed by atoms with Crippen LogP contribution in [-0.2, 0) is 43.2 Å². The second kappa shape index (κ2) is 18.8. The van der Waals surface area contributed by atoms with Gasteiger partial charge in [-0.1, -0.05) is 13.8 Å². The summed E-state index contributed by atoms with van der Waals surface area (Å²) in [5.41, 5.74) is 11.2. The molecule has 280 valence electrons. The van der Waals surface area contributed by atoms with E-state index >= 15 is 0 Å². The minimum Gasteiger partial charge on any atom is -0.481 e. The molecule has 7 amide bonds. The van der Waals surface area contributed by atoms with Gasteiger partial charge in [-0.05, 0) is 58.3 Å². The van der Waals surface area contributed by atoms with Crippen LogP contribution in [0.15, 0.2) is 0 Å². The highest BCUT2D eigenvalue weighted by atomic mass is 16.4. The average molecular weight is 711 g/mol. The van der Waals surface area contributed by atoms with Gasteiger partial charge in [-0.15, -0.1) is 0 Å². The molecule has 0 aromatic heterocycles. The number of rotatable bonds is 18. The molecule has 19 nitrogen and oxygen atoms in total. The Kier molecular flexibility index (Phi) is 15.6. The molecule has 0 spiro atoms. The summed E-state index contributed by atoms with van der Waals surface area (Å²) in [6.45, 7) is 6.35. The topological polar surface area (TPSA) is 301 Å². The van der Waals surface area contributed by atoms with Crippen LogP contribution in [0.25, 0.3) is 0 Å². The van der Waals surface area contributed by atoms with Crippen molar-refractivity contribution in [3.8, 4) is 0 Å². The summed E-state index contributed by atoms with van der Waals surface area (Å²) in [5.74, 6) is -7.65. The lowest BCUT2D eigenvalue weighted by atomic mass is 10.0. The number of nitrogens with zero attached hydrogens (tertiary/aromatic N) is 2. The van der Waals surface area contributed by atoms with Crippen molar-refractivity contribution in [2.75, 3.05) is 13.1 Å². The van der Waals surface area contributed by atoms with Gasteiger partial charge in [0.05, 0.1) is 6.04 Å². The summed E-state index contributed by atoms with van der Waals surface area (Å²) in [4.78, 5) is 115. The third-order valence-corrected chi connectivity index (χ3v) is 8.69. The molecule has 0 aromatic rings. The Balaban J connectivity index is 2.15. The summed E-state index contributed by atoms with van der Waals surface area (Å²) in [5, 5.41) is 27.8. The van der Waals surface area contributed by atoms with Crippen molar-refractivity contribution in [3.05, 3.63) is 0 Å². The van der Waals surface area contributed by atoms with Crippen LogP contribution in [0.1, 0.15) is 79.1 Å². The summed E-state index contributed by atoms with van der Waals surface area (Å²) < 4.78 is 0. The van der Waals surface area contributed by atoms with Gasteiger partial charge in [-0.2, -0.15) is 0 Å². The molecule has 2 fully saturated rings. The van der Waals surface area contributed by atoms with Crippen LogP contribution < -0.4 is 32.7 Å². The van der Waals surface area contributed by atoms with Gasteiger partial charge in [0.1, 0.15) is 36.3 Å². The zero-order valence-corrected chi connectivity index (χ0v) is 28.8. The number of carboxylic acid groups (broad SMARTS) is 2. The van der Waals surface area contributed by atoms with Crippen LogP contribution in [0.3, 0.4) is 0 Å². The predicted molar refractivity (Wildman–Crippen MR) is 174 cm³/mol. The van der Waals surface area contributed by atoms with Crippen molar-refractivity contribution < 1.29 is 53.4 Å². The van der Waals surface area contributed by atoms with Gasteiger partial charge in [-0.25, -0.2) is 0 Å². The van der Waals surface area contributed by atoms with Crippen molar-refractivity contribution in [1.29, 1.82) is 0 Å². The first-order valence-electron chi connectivity index (χ1n) is 16.7. The number of aliphatic carboxylic acids is 2. The monoisotopic (exact) mass is 710 g/mol. The van der Waals surface area contributed by atoms with E-state index in [-0.39, 0.29) is 45.2 Å². The summed E-state index contributed by atoms with van der Waals surface area (Å²) in [6, 6.07) is -7.94. The molecule has 7 atom stereocenters. The van der Waals surface area contributed by atoms with Crippen molar-refractivity contribution in [1.82, 2.24) is 31.1 Å². The molecule has 2 aliphatic rings. The Morgan fingerprint density at radius 3 is 1.72 bits per heavy atom. The summed E-state index contributed by atoms with van der Waals surface area (Å²) in [7, 11) is 0. The third kappa shape index (κ3) is 11.7. The number of amides is 7. The van der Waals surface area contributed by atoms with E-state index < -0.39 is 101 Å². The van der Waals surface area contributed by atoms with Crippen molar-refractivity contribution in [2.24, 2.45) is 17.4 Å². The Morgan fingerprint density at radius 1 is 0.700 bits per heavy atom. The lowest BCUT2D eigenvalue weighted by Gasteiger charge is -2.33. The molecule has 0 unspecified atom stereocenters. The molecule has 0 bridgehead atoms. The molecule has 0 aromatic carbocycles. The Labute approximate surface area is 289 Å². The molecule has 2 rings (SSSR count). The number of likely N-dealkylation sites (tertiary alicyclic amines) is 2. The average Bonchev–Trinajstić information content (AvgIpc) is 3.74. The molecule has 50 heavy (non-hydrogen) atoms. The van der Waals surface area contributed by atoms with E-state index in [9.17, 15) is 43.2 Å². The highest BCUT2D eigenvalue weighted by Gasteiger charge is 2.42. The molecular weight excluding hydrogens is 660 g/mol. The van der Waals surface area contributed by atoms with Crippen molar-refractivity contribution in [2.45, 2.75) is 121 Å². The lowest BCUT2D eigenvalue weighted by molar-refractivity contribution is -0.145. The van der Waals surface area contributed by atoms with Crippen LogP contribution in [-0.4, -0.2) is 129 Å². The summed E-state index contributed by atoms with van der Waals surface area (Å²) in [6.07, 6.45) is 0.529. The fourth-order valence-corrected chi connectivity index (χ4v) is 5.77. The number of primary amides is 1. The Hall–Kier alpha value is -4.81. The standard InChI is InChI=1S/C31H50N8O11/c1-15(2)24(37-28(46)21-8-5-13-38(21)29(47)18(32)9-12-23(41)42)30(48)39-14-6-7-20(39)27(45)36-19(10-11-22(33)40)26(44)34-16(3)25(43)35-17(4)31(49)50/h15-21,24H,5-14,32H2,1-4H3,(H2,33,40)(H,34,44)(H,35,43)(H,36,45)(H,37,46)(H,41,42)(H,49,50)/t16-,17-,18-,19-,20-,21-,24-/m0/s1. The van der Waals surface area contributed by atoms with E-state index in [2.05, 4.69) is 21.3 Å². The second-order valence-electron chi connectivity index (χ2n) is 13.0. The third-order valence-electron chi connectivity index (χ3n) is 8.69. The molecule has 0 saturated carbocycles.